The number of piperidine rings is 1. The standard InChI is InChI=1S/C17H27FN2O/c1-3-9-19-13(2)15-5-4-6-16(18)17(15)20-10-7-14(12-21)8-11-20/h4-6,13-14,19,21H,3,7-12H2,1-2H3. The molecule has 1 aromatic rings. The number of anilines is 1. The summed E-state index contributed by atoms with van der Waals surface area (Å²) in [6.45, 7) is 7.04. The molecule has 0 radical (unpaired) electrons. The fourth-order valence-corrected chi connectivity index (χ4v) is 3.03. The summed E-state index contributed by atoms with van der Waals surface area (Å²) in [7, 11) is 0. The third-order valence-corrected chi connectivity index (χ3v) is 4.37. The molecule has 0 aromatic heterocycles. The van der Waals surface area contributed by atoms with E-state index in [2.05, 4.69) is 24.1 Å². The van der Waals surface area contributed by atoms with Crippen molar-refractivity contribution in [1.29, 1.82) is 0 Å². The van der Waals surface area contributed by atoms with Gasteiger partial charge in [0.1, 0.15) is 5.82 Å². The predicted molar refractivity (Wildman–Crippen MR) is 85.1 cm³/mol. The van der Waals surface area contributed by atoms with Crippen molar-refractivity contribution in [2.45, 2.75) is 39.2 Å². The van der Waals surface area contributed by atoms with Crippen LogP contribution in [0, 0.1) is 11.7 Å². The van der Waals surface area contributed by atoms with Gasteiger partial charge in [-0.1, -0.05) is 19.1 Å². The van der Waals surface area contributed by atoms with E-state index in [9.17, 15) is 9.50 Å². The quantitative estimate of drug-likeness (QED) is 0.846. The SMILES string of the molecule is CCCNC(C)c1cccc(F)c1N1CCC(CO)CC1. The molecule has 0 amide bonds. The maximum Gasteiger partial charge on any atom is 0.146 e. The van der Waals surface area contributed by atoms with Crippen LogP contribution in [0.3, 0.4) is 0 Å². The van der Waals surface area contributed by atoms with Crippen molar-refractivity contribution in [3.8, 4) is 0 Å². The molecule has 118 valence electrons. The Labute approximate surface area is 127 Å². The number of aliphatic hydroxyl groups is 1. The van der Waals surface area contributed by atoms with E-state index in [1.54, 1.807) is 12.1 Å². The zero-order valence-electron chi connectivity index (χ0n) is 13.1. The zero-order chi connectivity index (χ0) is 15.2. The molecule has 0 spiro atoms. The summed E-state index contributed by atoms with van der Waals surface area (Å²) in [6, 6.07) is 5.50. The molecule has 1 unspecified atom stereocenters. The van der Waals surface area contributed by atoms with Gasteiger partial charge in [0.05, 0.1) is 5.69 Å². The van der Waals surface area contributed by atoms with Gasteiger partial charge < -0.3 is 15.3 Å². The van der Waals surface area contributed by atoms with Crippen molar-refractivity contribution >= 4 is 5.69 Å². The Kier molecular flexibility index (Phi) is 6.00. The second-order valence-electron chi connectivity index (χ2n) is 5.97. The van der Waals surface area contributed by atoms with Gasteiger partial charge in [0.25, 0.3) is 0 Å². The number of hydrogen-bond acceptors (Lipinski definition) is 3. The van der Waals surface area contributed by atoms with Gasteiger partial charge in [0.15, 0.2) is 0 Å². The Morgan fingerprint density at radius 1 is 1.38 bits per heavy atom. The second-order valence-corrected chi connectivity index (χ2v) is 5.97. The van der Waals surface area contributed by atoms with E-state index in [1.165, 1.54) is 0 Å². The number of aliphatic hydroxyl groups excluding tert-OH is 1. The number of hydrogen-bond donors (Lipinski definition) is 2. The Morgan fingerprint density at radius 2 is 2.10 bits per heavy atom. The van der Waals surface area contributed by atoms with Crippen molar-refractivity contribution in [1.82, 2.24) is 5.32 Å². The number of nitrogens with one attached hydrogen (secondary N) is 1. The van der Waals surface area contributed by atoms with Gasteiger partial charge in [-0.2, -0.15) is 0 Å². The monoisotopic (exact) mass is 294 g/mol. The summed E-state index contributed by atoms with van der Waals surface area (Å²) < 4.78 is 14.4. The molecule has 4 heteroatoms. The maximum atomic E-state index is 14.4. The van der Waals surface area contributed by atoms with Crippen molar-refractivity contribution in [3.63, 3.8) is 0 Å². The smallest absolute Gasteiger partial charge is 0.146 e. The van der Waals surface area contributed by atoms with Gasteiger partial charge in [-0.3, -0.25) is 0 Å². The van der Waals surface area contributed by atoms with E-state index < -0.39 is 0 Å². The number of para-hydroxylation sites is 1. The van der Waals surface area contributed by atoms with Gasteiger partial charge in [-0.15, -0.1) is 0 Å². The predicted octanol–water partition coefficient (Wildman–Crippen LogP) is 3.10. The first kappa shape index (κ1) is 16.2. The van der Waals surface area contributed by atoms with Gasteiger partial charge in [0.2, 0.25) is 0 Å². The lowest BCUT2D eigenvalue weighted by Gasteiger charge is -2.35. The lowest BCUT2D eigenvalue weighted by Crippen LogP contribution is -2.36. The molecule has 0 bridgehead atoms. The molecule has 1 heterocycles. The Hall–Kier alpha value is -1.13. The van der Waals surface area contributed by atoms with Gasteiger partial charge in [0, 0.05) is 25.7 Å². The highest BCUT2D eigenvalue weighted by Crippen LogP contribution is 2.32. The van der Waals surface area contributed by atoms with E-state index in [0.29, 0.717) is 5.92 Å². The van der Waals surface area contributed by atoms with Crippen LogP contribution in [-0.4, -0.2) is 31.3 Å². The van der Waals surface area contributed by atoms with Crippen LogP contribution in [0.2, 0.25) is 0 Å². The molecule has 1 fully saturated rings. The molecule has 1 aliphatic heterocycles. The molecule has 1 aromatic carbocycles. The number of rotatable bonds is 6. The molecule has 1 aliphatic rings. The van der Waals surface area contributed by atoms with Crippen LogP contribution in [0.4, 0.5) is 10.1 Å². The van der Waals surface area contributed by atoms with E-state index in [0.717, 1.165) is 50.1 Å². The van der Waals surface area contributed by atoms with Gasteiger partial charge >= 0.3 is 0 Å². The van der Waals surface area contributed by atoms with Crippen LogP contribution in [0.15, 0.2) is 18.2 Å². The molecule has 1 saturated heterocycles. The lowest BCUT2D eigenvalue weighted by molar-refractivity contribution is 0.202. The minimum absolute atomic E-state index is 0.139. The topological polar surface area (TPSA) is 35.5 Å². The first-order valence-corrected chi connectivity index (χ1v) is 8.05. The van der Waals surface area contributed by atoms with Crippen molar-refractivity contribution in [2.24, 2.45) is 5.92 Å². The van der Waals surface area contributed by atoms with Crippen molar-refractivity contribution in [2.75, 3.05) is 31.1 Å². The van der Waals surface area contributed by atoms with Crippen LogP contribution in [0.1, 0.15) is 44.7 Å². The Bertz CT molecular complexity index is 444. The summed E-state index contributed by atoms with van der Waals surface area (Å²) >= 11 is 0. The molecule has 2 N–H and O–H groups in total. The third kappa shape index (κ3) is 3.95. The van der Waals surface area contributed by atoms with Crippen LogP contribution < -0.4 is 10.2 Å². The number of halogens is 1. The Balaban J connectivity index is 2.18. The molecule has 1 atom stereocenters. The van der Waals surface area contributed by atoms with Crippen LogP contribution >= 0.6 is 0 Å². The van der Waals surface area contributed by atoms with E-state index >= 15 is 0 Å². The second kappa shape index (κ2) is 7.76. The molecule has 0 aliphatic carbocycles. The summed E-state index contributed by atoms with van der Waals surface area (Å²) in [6.07, 6.45) is 2.93. The van der Waals surface area contributed by atoms with Crippen LogP contribution in [0.5, 0.6) is 0 Å². The van der Waals surface area contributed by atoms with Gasteiger partial charge in [-0.25, -0.2) is 4.39 Å². The fraction of sp³-hybridized carbons (Fsp3) is 0.647. The Morgan fingerprint density at radius 3 is 2.71 bits per heavy atom. The zero-order valence-corrected chi connectivity index (χ0v) is 13.1. The van der Waals surface area contributed by atoms with Crippen molar-refractivity contribution in [3.05, 3.63) is 29.6 Å². The highest BCUT2D eigenvalue weighted by Gasteiger charge is 2.24. The summed E-state index contributed by atoms with van der Waals surface area (Å²) in [5.41, 5.74) is 1.77. The highest BCUT2D eigenvalue weighted by molar-refractivity contribution is 5.56. The average molecular weight is 294 g/mol. The third-order valence-electron chi connectivity index (χ3n) is 4.37. The minimum atomic E-state index is -0.139. The maximum absolute atomic E-state index is 14.4. The van der Waals surface area contributed by atoms with Crippen LogP contribution in [-0.2, 0) is 0 Å². The highest BCUT2D eigenvalue weighted by atomic mass is 19.1. The molecular formula is C17H27FN2O. The van der Waals surface area contributed by atoms with Crippen molar-refractivity contribution < 1.29 is 9.50 Å². The molecule has 0 saturated carbocycles. The summed E-state index contributed by atoms with van der Waals surface area (Å²) in [5, 5.41) is 12.7. The normalized spacial score (nSPS) is 18.0. The van der Waals surface area contributed by atoms with E-state index in [-0.39, 0.29) is 18.5 Å². The number of benzene rings is 1. The van der Waals surface area contributed by atoms with E-state index in [1.807, 2.05) is 6.07 Å². The molecular weight excluding hydrogens is 267 g/mol. The summed E-state index contributed by atoms with van der Waals surface area (Å²) in [4.78, 5) is 2.14. The first-order chi connectivity index (χ1) is 10.2. The molecule has 3 nitrogen and oxygen atoms in total. The van der Waals surface area contributed by atoms with E-state index in [4.69, 9.17) is 0 Å². The average Bonchev–Trinajstić information content (AvgIpc) is 2.52. The largest absolute Gasteiger partial charge is 0.396 e. The molecule has 2 rings (SSSR count). The minimum Gasteiger partial charge on any atom is -0.396 e. The fourth-order valence-electron chi connectivity index (χ4n) is 3.03. The van der Waals surface area contributed by atoms with Gasteiger partial charge in [-0.05, 0) is 50.3 Å². The van der Waals surface area contributed by atoms with Crippen LogP contribution in [0.25, 0.3) is 0 Å². The lowest BCUT2D eigenvalue weighted by atomic mass is 9.96. The number of nitrogens with zero attached hydrogens (tertiary/aromatic N) is 1. The molecule has 21 heavy (non-hydrogen) atoms. The summed E-state index contributed by atoms with van der Waals surface area (Å²) in [5.74, 6) is 0.229. The first-order valence-electron chi connectivity index (χ1n) is 8.05.